The number of alkyl halides is 3. The van der Waals surface area contributed by atoms with Crippen LogP contribution in [0.2, 0.25) is 0 Å². The zero-order valence-corrected chi connectivity index (χ0v) is 12.3. The highest BCUT2D eigenvalue weighted by Gasteiger charge is 2.39. The van der Waals surface area contributed by atoms with Crippen LogP contribution in [0.3, 0.4) is 0 Å². The molecule has 1 aliphatic rings. The van der Waals surface area contributed by atoms with Crippen LogP contribution in [0.15, 0.2) is 4.79 Å². The Morgan fingerprint density at radius 1 is 1.36 bits per heavy atom. The molecule has 0 unspecified atom stereocenters. The second kappa shape index (κ2) is 6.01. The maximum absolute atomic E-state index is 12.8. The second-order valence-corrected chi connectivity index (χ2v) is 5.02. The van der Waals surface area contributed by atoms with Crippen molar-refractivity contribution in [3.63, 3.8) is 0 Å². The van der Waals surface area contributed by atoms with Crippen molar-refractivity contribution >= 4 is 6.09 Å². The summed E-state index contributed by atoms with van der Waals surface area (Å²) in [5.74, 6) is -1.22. The summed E-state index contributed by atoms with van der Waals surface area (Å²) >= 11 is 0. The molecule has 0 N–H and O–H groups in total. The molecule has 1 saturated heterocycles. The van der Waals surface area contributed by atoms with Gasteiger partial charge in [0.15, 0.2) is 0 Å². The Morgan fingerprint density at radius 3 is 2.41 bits per heavy atom. The summed E-state index contributed by atoms with van der Waals surface area (Å²) in [5, 5.41) is 3.42. The average molecular weight is 322 g/mol. The minimum atomic E-state index is -4.68. The zero-order chi connectivity index (χ0) is 16.5. The molecular formula is C12H17F3N4O3. The van der Waals surface area contributed by atoms with Crippen LogP contribution in [0.1, 0.15) is 31.6 Å². The van der Waals surface area contributed by atoms with E-state index in [1.165, 1.54) is 4.90 Å². The number of likely N-dealkylation sites (tertiary alicyclic amines) is 1. The molecule has 0 spiro atoms. The number of ether oxygens (including phenoxy) is 1. The van der Waals surface area contributed by atoms with E-state index in [1.54, 1.807) is 6.92 Å². The highest BCUT2D eigenvalue weighted by atomic mass is 19.4. The van der Waals surface area contributed by atoms with Crippen LogP contribution in [0.4, 0.5) is 18.0 Å². The van der Waals surface area contributed by atoms with Gasteiger partial charge in [0.2, 0.25) is 5.82 Å². The van der Waals surface area contributed by atoms with E-state index < -0.39 is 29.8 Å². The van der Waals surface area contributed by atoms with Crippen molar-refractivity contribution in [2.24, 2.45) is 7.05 Å². The second-order valence-electron chi connectivity index (χ2n) is 5.02. The number of amides is 1. The fraction of sp³-hybridized carbons (Fsp3) is 0.750. The highest BCUT2D eigenvalue weighted by molar-refractivity contribution is 5.67. The summed E-state index contributed by atoms with van der Waals surface area (Å²) in [5.41, 5.74) is -0.804. The van der Waals surface area contributed by atoms with Gasteiger partial charge >= 0.3 is 18.0 Å². The number of piperidine rings is 1. The Balaban J connectivity index is 2.12. The Morgan fingerprint density at radius 2 is 1.95 bits per heavy atom. The molecule has 1 aliphatic heterocycles. The molecule has 0 atom stereocenters. The number of aromatic nitrogens is 3. The van der Waals surface area contributed by atoms with Gasteiger partial charge in [0, 0.05) is 20.1 Å². The quantitative estimate of drug-likeness (QED) is 0.825. The molecule has 7 nitrogen and oxygen atoms in total. The van der Waals surface area contributed by atoms with E-state index in [1.807, 2.05) is 0 Å². The van der Waals surface area contributed by atoms with Gasteiger partial charge in [-0.05, 0) is 19.8 Å². The van der Waals surface area contributed by atoms with Crippen molar-refractivity contribution < 1.29 is 22.7 Å². The topological polar surface area (TPSA) is 69.4 Å². The maximum atomic E-state index is 12.8. The summed E-state index contributed by atoms with van der Waals surface area (Å²) in [6.07, 6.45) is -4.42. The third kappa shape index (κ3) is 3.09. The van der Waals surface area contributed by atoms with Gasteiger partial charge in [0.05, 0.1) is 12.6 Å². The number of nitrogens with zero attached hydrogens (tertiary/aromatic N) is 4. The molecule has 1 amide bonds. The molecule has 0 aliphatic carbocycles. The summed E-state index contributed by atoms with van der Waals surface area (Å²) in [7, 11) is 1.04. The van der Waals surface area contributed by atoms with Gasteiger partial charge in [-0.2, -0.15) is 13.2 Å². The maximum Gasteiger partial charge on any atom is 0.451 e. The van der Waals surface area contributed by atoms with E-state index in [9.17, 15) is 22.8 Å². The summed E-state index contributed by atoms with van der Waals surface area (Å²) in [6.45, 7) is 2.58. The van der Waals surface area contributed by atoms with Crippen LogP contribution in [0, 0.1) is 0 Å². The van der Waals surface area contributed by atoms with E-state index >= 15 is 0 Å². The molecular weight excluding hydrogens is 305 g/mol. The minimum absolute atomic E-state index is 0.257. The fourth-order valence-electron chi connectivity index (χ4n) is 2.45. The van der Waals surface area contributed by atoms with Gasteiger partial charge in [-0.15, -0.1) is 5.10 Å². The molecule has 0 bridgehead atoms. The van der Waals surface area contributed by atoms with Gasteiger partial charge in [-0.25, -0.2) is 14.3 Å². The largest absolute Gasteiger partial charge is 0.451 e. The Kier molecular flexibility index (Phi) is 4.47. The summed E-state index contributed by atoms with van der Waals surface area (Å²) < 4.78 is 44.5. The molecule has 2 heterocycles. The molecule has 1 aromatic heterocycles. The Bertz CT molecular complexity index is 600. The van der Waals surface area contributed by atoms with Crippen molar-refractivity contribution in [2.75, 3.05) is 19.7 Å². The average Bonchev–Trinajstić information content (AvgIpc) is 2.76. The standard InChI is InChI=1S/C12H17F3N4O3/c1-3-22-11(21)18-6-4-8(5-7-18)19-10(20)17(2)9(16-19)12(13,14)15/h8H,3-7H2,1-2H3. The molecule has 124 valence electrons. The first-order valence-electron chi connectivity index (χ1n) is 6.90. The first kappa shape index (κ1) is 16.4. The van der Waals surface area contributed by atoms with Crippen molar-refractivity contribution in [2.45, 2.75) is 32.0 Å². The molecule has 10 heteroatoms. The molecule has 0 saturated carbocycles. The van der Waals surface area contributed by atoms with Crippen molar-refractivity contribution in [1.29, 1.82) is 0 Å². The van der Waals surface area contributed by atoms with E-state index in [0.717, 1.165) is 11.7 Å². The van der Waals surface area contributed by atoms with Crippen LogP contribution in [-0.2, 0) is 18.0 Å². The smallest absolute Gasteiger partial charge is 0.450 e. The predicted octanol–water partition coefficient (Wildman–Crippen LogP) is 1.39. The van der Waals surface area contributed by atoms with Gasteiger partial charge in [-0.1, -0.05) is 0 Å². The van der Waals surface area contributed by atoms with Gasteiger partial charge in [0.25, 0.3) is 0 Å². The predicted molar refractivity (Wildman–Crippen MR) is 69.3 cm³/mol. The van der Waals surface area contributed by atoms with E-state index in [0.29, 0.717) is 30.5 Å². The lowest BCUT2D eigenvalue weighted by molar-refractivity contribution is -0.147. The molecule has 1 aromatic rings. The Hall–Kier alpha value is -2.00. The third-order valence-electron chi connectivity index (χ3n) is 3.59. The number of carbonyl (C=O) groups excluding carboxylic acids is 1. The van der Waals surface area contributed by atoms with Crippen molar-refractivity contribution in [3.05, 3.63) is 16.3 Å². The molecule has 1 fully saturated rings. The number of hydrogen-bond donors (Lipinski definition) is 0. The van der Waals surface area contributed by atoms with E-state index in [2.05, 4.69) is 5.10 Å². The van der Waals surface area contributed by atoms with Crippen LogP contribution >= 0.6 is 0 Å². The van der Waals surface area contributed by atoms with Gasteiger partial charge in [-0.3, -0.25) is 4.57 Å². The van der Waals surface area contributed by atoms with Gasteiger partial charge < -0.3 is 9.64 Å². The number of halogens is 3. The molecule has 0 radical (unpaired) electrons. The lowest BCUT2D eigenvalue weighted by Gasteiger charge is -2.30. The monoisotopic (exact) mass is 322 g/mol. The molecule has 0 aromatic carbocycles. The zero-order valence-electron chi connectivity index (χ0n) is 12.3. The molecule has 22 heavy (non-hydrogen) atoms. The summed E-state index contributed by atoms with van der Waals surface area (Å²) in [4.78, 5) is 24.9. The first-order valence-corrected chi connectivity index (χ1v) is 6.90. The lowest BCUT2D eigenvalue weighted by Crippen LogP contribution is -2.41. The van der Waals surface area contributed by atoms with E-state index in [-0.39, 0.29) is 6.61 Å². The van der Waals surface area contributed by atoms with Crippen LogP contribution < -0.4 is 5.69 Å². The van der Waals surface area contributed by atoms with Crippen LogP contribution in [0.5, 0.6) is 0 Å². The summed E-state index contributed by atoms with van der Waals surface area (Å²) in [6, 6.07) is -0.458. The third-order valence-corrected chi connectivity index (χ3v) is 3.59. The number of carbonyl (C=O) groups is 1. The number of hydrogen-bond acceptors (Lipinski definition) is 4. The van der Waals surface area contributed by atoms with Crippen LogP contribution in [-0.4, -0.2) is 45.0 Å². The van der Waals surface area contributed by atoms with Crippen molar-refractivity contribution in [3.8, 4) is 0 Å². The molecule has 2 rings (SSSR count). The lowest BCUT2D eigenvalue weighted by atomic mass is 10.1. The highest BCUT2D eigenvalue weighted by Crippen LogP contribution is 2.28. The van der Waals surface area contributed by atoms with Crippen LogP contribution in [0.25, 0.3) is 0 Å². The SMILES string of the molecule is CCOC(=O)N1CCC(n2nc(C(F)(F)F)n(C)c2=O)CC1. The normalized spacial score (nSPS) is 16.9. The van der Waals surface area contributed by atoms with Crippen molar-refractivity contribution in [1.82, 2.24) is 19.2 Å². The number of rotatable bonds is 2. The van der Waals surface area contributed by atoms with Gasteiger partial charge in [0.1, 0.15) is 0 Å². The van der Waals surface area contributed by atoms with E-state index in [4.69, 9.17) is 4.74 Å². The first-order chi connectivity index (χ1) is 10.3. The Labute approximate surface area is 124 Å². The fourth-order valence-corrected chi connectivity index (χ4v) is 2.45. The minimum Gasteiger partial charge on any atom is -0.450 e.